The Hall–Kier alpha value is -1.70. The van der Waals surface area contributed by atoms with Gasteiger partial charge in [0, 0.05) is 12.8 Å². The Morgan fingerprint density at radius 1 is 1.00 bits per heavy atom. The molecule has 2 heteroatoms. The maximum atomic E-state index is 12.1. The molecule has 0 spiro atoms. The van der Waals surface area contributed by atoms with Gasteiger partial charge in [-0.3, -0.25) is 4.79 Å². The molecule has 0 amide bonds. The minimum atomic E-state index is -0.171. The lowest BCUT2D eigenvalue weighted by molar-refractivity contribution is -0.118. The number of rotatable bonds is 0. The predicted octanol–water partition coefficient (Wildman–Crippen LogP) is 4.77. The van der Waals surface area contributed by atoms with Crippen LogP contribution in [0.3, 0.4) is 0 Å². The van der Waals surface area contributed by atoms with Crippen LogP contribution in [-0.2, 0) is 4.79 Å². The highest BCUT2D eigenvalue weighted by atomic mass is 19.1. The van der Waals surface area contributed by atoms with Gasteiger partial charge >= 0.3 is 0 Å². The number of aryl methyl sites for hydroxylation is 1. The second kappa shape index (κ2) is 7.67. The first kappa shape index (κ1) is 15.4. The van der Waals surface area contributed by atoms with E-state index in [1.165, 1.54) is 23.3 Å². The van der Waals surface area contributed by atoms with Gasteiger partial charge in [0.2, 0.25) is 0 Å². The molecule has 0 saturated heterocycles. The van der Waals surface area contributed by atoms with Crippen molar-refractivity contribution < 1.29 is 9.18 Å². The first-order valence-corrected chi connectivity index (χ1v) is 6.61. The maximum Gasteiger partial charge on any atom is 0.137 e. The lowest BCUT2D eigenvalue weighted by Gasteiger charge is -2.16. The fraction of sp³-hybridized carbons (Fsp3) is 0.353. The van der Waals surface area contributed by atoms with E-state index >= 15 is 0 Å². The van der Waals surface area contributed by atoms with Crippen LogP contribution >= 0.6 is 0 Å². The average molecular weight is 260 g/mol. The smallest absolute Gasteiger partial charge is 0.137 e. The number of carbonyl (C=O) groups excluding carboxylic acids is 1. The van der Waals surface area contributed by atoms with E-state index in [1.807, 2.05) is 26.8 Å². The molecule has 0 heterocycles. The van der Waals surface area contributed by atoms with Crippen molar-refractivity contribution in [3.05, 3.63) is 58.9 Å². The molecule has 2 rings (SSSR count). The first-order valence-electron chi connectivity index (χ1n) is 6.61. The Kier molecular flexibility index (Phi) is 6.20. The summed E-state index contributed by atoms with van der Waals surface area (Å²) in [5.74, 6) is 0.208. The van der Waals surface area contributed by atoms with Crippen molar-refractivity contribution in [1.29, 1.82) is 0 Å². The van der Waals surface area contributed by atoms with Gasteiger partial charge in [0.1, 0.15) is 11.6 Å². The molecule has 1 fully saturated rings. The largest absolute Gasteiger partial charge is 0.299 e. The molecule has 102 valence electrons. The van der Waals surface area contributed by atoms with E-state index in [1.54, 1.807) is 12.1 Å². The third-order valence-electron chi connectivity index (χ3n) is 3.18. The lowest BCUT2D eigenvalue weighted by Crippen LogP contribution is -2.08. The van der Waals surface area contributed by atoms with Crippen LogP contribution in [0.2, 0.25) is 0 Å². The molecule has 0 radical (unpaired) electrons. The van der Waals surface area contributed by atoms with Gasteiger partial charge in [0.05, 0.1) is 0 Å². The SMILES string of the molecule is C/C=C1/CC(=O)CC/C1=C\C.Cc1ccc(F)cc1. The number of carbonyl (C=O) groups is 1. The van der Waals surface area contributed by atoms with Crippen LogP contribution in [0.5, 0.6) is 0 Å². The highest BCUT2D eigenvalue weighted by Gasteiger charge is 2.15. The fourth-order valence-corrected chi connectivity index (χ4v) is 2.00. The minimum Gasteiger partial charge on any atom is -0.299 e. The van der Waals surface area contributed by atoms with Crippen molar-refractivity contribution in [2.75, 3.05) is 0 Å². The number of allylic oxidation sites excluding steroid dienone is 4. The Morgan fingerprint density at radius 3 is 2.05 bits per heavy atom. The van der Waals surface area contributed by atoms with Crippen LogP contribution < -0.4 is 0 Å². The number of benzene rings is 1. The minimum absolute atomic E-state index is 0.171. The Labute approximate surface area is 114 Å². The number of hydrogen-bond donors (Lipinski definition) is 0. The van der Waals surface area contributed by atoms with E-state index in [9.17, 15) is 9.18 Å². The molecule has 1 aliphatic carbocycles. The van der Waals surface area contributed by atoms with Crippen molar-refractivity contribution in [3.63, 3.8) is 0 Å². The van der Waals surface area contributed by atoms with Gasteiger partial charge in [-0.15, -0.1) is 0 Å². The van der Waals surface area contributed by atoms with E-state index < -0.39 is 0 Å². The topological polar surface area (TPSA) is 17.1 Å². The van der Waals surface area contributed by atoms with E-state index in [2.05, 4.69) is 6.08 Å². The average Bonchev–Trinajstić information content (AvgIpc) is 2.42. The molecule has 0 aromatic heterocycles. The molecule has 0 unspecified atom stereocenters. The molecule has 0 atom stereocenters. The quantitative estimate of drug-likeness (QED) is 0.657. The van der Waals surface area contributed by atoms with Gasteiger partial charge in [0.15, 0.2) is 0 Å². The summed E-state index contributed by atoms with van der Waals surface area (Å²) in [4.78, 5) is 11.0. The maximum absolute atomic E-state index is 12.1. The van der Waals surface area contributed by atoms with Crippen LogP contribution in [0, 0.1) is 12.7 Å². The number of halogens is 1. The molecular formula is C17H21FO. The van der Waals surface area contributed by atoms with Crippen LogP contribution in [0.25, 0.3) is 0 Å². The zero-order valence-corrected chi connectivity index (χ0v) is 11.9. The molecule has 0 bridgehead atoms. The number of hydrogen-bond acceptors (Lipinski definition) is 1. The van der Waals surface area contributed by atoms with Crippen molar-refractivity contribution in [2.45, 2.75) is 40.0 Å². The second-order valence-corrected chi connectivity index (χ2v) is 4.64. The molecular weight excluding hydrogens is 239 g/mol. The van der Waals surface area contributed by atoms with Crippen LogP contribution in [-0.4, -0.2) is 5.78 Å². The number of Topliss-reactive ketones (excluding diaryl/α,β-unsaturated/α-hetero) is 1. The van der Waals surface area contributed by atoms with Crippen molar-refractivity contribution >= 4 is 5.78 Å². The van der Waals surface area contributed by atoms with Gasteiger partial charge in [0.25, 0.3) is 0 Å². The van der Waals surface area contributed by atoms with Gasteiger partial charge < -0.3 is 0 Å². The van der Waals surface area contributed by atoms with Crippen molar-refractivity contribution in [1.82, 2.24) is 0 Å². The zero-order valence-electron chi connectivity index (χ0n) is 11.9. The third-order valence-corrected chi connectivity index (χ3v) is 3.18. The summed E-state index contributed by atoms with van der Waals surface area (Å²) in [6.07, 6.45) is 6.48. The Bertz CT molecular complexity index is 459. The normalized spacial score (nSPS) is 19.3. The van der Waals surface area contributed by atoms with Crippen LogP contribution in [0.4, 0.5) is 4.39 Å². The summed E-state index contributed by atoms with van der Waals surface area (Å²) in [6.45, 7) is 5.96. The molecule has 1 aromatic carbocycles. The second-order valence-electron chi connectivity index (χ2n) is 4.64. The monoisotopic (exact) mass is 260 g/mol. The Morgan fingerprint density at radius 2 is 1.58 bits per heavy atom. The molecule has 0 N–H and O–H groups in total. The summed E-state index contributed by atoms with van der Waals surface area (Å²) in [6, 6.07) is 6.40. The van der Waals surface area contributed by atoms with Gasteiger partial charge in [-0.2, -0.15) is 0 Å². The molecule has 0 aliphatic heterocycles. The standard InChI is InChI=1S/C10H14O.C7H7F/c1-3-8-5-6-10(11)7-9(8)4-2;1-6-2-4-7(8)5-3-6/h3-4H,5-7H2,1-2H3;2-5H,1H3/b8-3+,9-4-;. The summed E-state index contributed by atoms with van der Waals surface area (Å²) >= 11 is 0. The Balaban J connectivity index is 0.000000200. The van der Waals surface area contributed by atoms with Gasteiger partial charge in [-0.1, -0.05) is 29.8 Å². The third kappa shape index (κ3) is 5.21. The molecule has 1 nitrogen and oxygen atoms in total. The van der Waals surface area contributed by atoms with Gasteiger partial charge in [-0.25, -0.2) is 4.39 Å². The van der Waals surface area contributed by atoms with E-state index in [0.29, 0.717) is 12.2 Å². The zero-order chi connectivity index (χ0) is 14.3. The predicted molar refractivity (Wildman–Crippen MR) is 77.5 cm³/mol. The van der Waals surface area contributed by atoms with E-state index in [4.69, 9.17) is 0 Å². The lowest BCUT2D eigenvalue weighted by atomic mass is 9.88. The molecule has 1 saturated carbocycles. The molecule has 19 heavy (non-hydrogen) atoms. The summed E-state index contributed by atoms with van der Waals surface area (Å²) in [5, 5.41) is 0. The summed E-state index contributed by atoms with van der Waals surface area (Å²) < 4.78 is 12.1. The van der Waals surface area contributed by atoms with Crippen molar-refractivity contribution in [2.24, 2.45) is 0 Å². The van der Waals surface area contributed by atoms with E-state index in [0.717, 1.165) is 18.4 Å². The highest BCUT2D eigenvalue weighted by Crippen LogP contribution is 2.25. The molecule has 1 aliphatic rings. The molecule has 1 aromatic rings. The first-order chi connectivity index (χ1) is 9.06. The van der Waals surface area contributed by atoms with Crippen LogP contribution in [0.15, 0.2) is 47.6 Å². The highest BCUT2D eigenvalue weighted by molar-refractivity contribution is 5.84. The van der Waals surface area contributed by atoms with Crippen molar-refractivity contribution in [3.8, 4) is 0 Å². The van der Waals surface area contributed by atoms with Crippen LogP contribution in [0.1, 0.15) is 38.7 Å². The summed E-state index contributed by atoms with van der Waals surface area (Å²) in [7, 11) is 0. The van der Waals surface area contributed by atoms with Gasteiger partial charge in [-0.05, 0) is 50.5 Å². The summed E-state index contributed by atoms with van der Waals surface area (Å²) in [5.41, 5.74) is 3.67. The number of ketones is 1. The van der Waals surface area contributed by atoms with E-state index in [-0.39, 0.29) is 5.82 Å². The fourth-order valence-electron chi connectivity index (χ4n) is 2.00.